The predicted octanol–water partition coefficient (Wildman–Crippen LogP) is 4.02. The minimum absolute atomic E-state index is 0.362. The molecule has 2 rings (SSSR count). The Hall–Kier alpha value is -1.61. The number of aromatic nitrogens is 2. The van der Waals surface area contributed by atoms with Crippen molar-refractivity contribution in [3.8, 4) is 11.1 Å². The molecule has 108 valence electrons. The van der Waals surface area contributed by atoms with Crippen LogP contribution in [0, 0.1) is 0 Å². The fourth-order valence-electron chi connectivity index (χ4n) is 2.46. The Morgan fingerprint density at radius 3 is 2.75 bits per heavy atom. The molecule has 3 nitrogen and oxygen atoms in total. The lowest BCUT2D eigenvalue weighted by Gasteiger charge is -2.17. The third-order valence-corrected chi connectivity index (χ3v) is 3.52. The van der Waals surface area contributed by atoms with Gasteiger partial charge in [-0.25, -0.2) is 0 Å². The van der Waals surface area contributed by atoms with Gasteiger partial charge in [0.25, 0.3) is 0 Å². The highest BCUT2D eigenvalue weighted by atomic mass is 15.3. The molecule has 0 saturated carbocycles. The topological polar surface area (TPSA) is 29.9 Å². The number of nitrogens with zero attached hydrogens (tertiary/aromatic N) is 2. The highest BCUT2D eigenvalue weighted by Crippen LogP contribution is 2.27. The molecule has 0 saturated heterocycles. The summed E-state index contributed by atoms with van der Waals surface area (Å²) in [6.07, 6.45) is 6.38. The highest BCUT2D eigenvalue weighted by molar-refractivity contribution is 5.66. The molecule has 0 spiro atoms. The van der Waals surface area contributed by atoms with Crippen molar-refractivity contribution in [1.82, 2.24) is 15.1 Å². The van der Waals surface area contributed by atoms with Gasteiger partial charge in [-0.2, -0.15) is 5.10 Å². The van der Waals surface area contributed by atoms with E-state index in [1.54, 1.807) is 0 Å². The number of aryl methyl sites for hydroxylation is 1. The third kappa shape index (κ3) is 3.48. The van der Waals surface area contributed by atoms with E-state index in [1.165, 1.54) is 16.7 Å². The van der Waals surface area contributed by atoms with E-state index in [4.69, 9.17) is 0 Å². The van der Waals surface area contributed by atoms with Gasteiger partial charge in [-0.05, 0) is 37.4 Å². The van der Waals surface area contributed by atoms with Crippen LogP contribution >= 0.6 is 0 Å². The van der Waals surface area contributed by atoms with E-state index in [0.29, 0.717) is 6.04 Å². The zero-order chi connectivity index (χ0) is 14.4. The van der Waals surface area contributed by atoms with Gasteiger partial charge < -0.3 is 5.32 Å². The van der Waals surface area contributed by atoms with E-state index in [9.17, 15) is 0 Å². The smallest absolute Gasteiger partial charge is 0.0568 e. The van der Waals surface area contributed by atoms with Crippen molar-refractivity contribution in [1.29, 1.82) is 0 Å². The second-order valence-electron chi connectivity index (χ2n) is 5.26. The monoisotopic (exact) mass is 271 g/mol. The highest BCUT2D eigenvalue weighted by Gasteiger charge is 2.12. The third-order valence-electron chi connectivity index (χ3n) is 3.52. The first-order valence-corrected chi connectivity index (χ1v) is 7.61. The number of hydrogen-bond donors (Lipinski definition) is 1. The van der Waals surface area contributed by atoms with Gasteiger partial charge in [-0.15, -0.1) is 0 Å². The molecule has 0 bridgehead atoms. The van der Waals surface area contributed by atoms with Crippen LogP contribution in [0.4, 0.5) is 0 Å². The maximum absolute atomic E-state index is 4.44. The first kappa shape index (κ1) is 14.8. The van der Waals surface area contributed by atoms with Gasteiger partial charge in [0.1, 0.15) is 0 Å². The molecule has 0 aliphatic rings. The summed E-state index contributed by atoms with van der Waals surface area (Å²) in [7, 11) is 0. The first-order valence-electron chi connectivity index (χ1n) is 7.61. The maximum Gasteiger partial charge on any atom is 0.0568 e. The Morgan fingerprint density at radius 1 is 1.20 bits per heavy atom. The molecule has 0 fully saturated rings. The molecule has 0 aliphatic carbocycles. The largest absolute Gasteiger partial charge is 0.310 e. The Balaban J connectivity index is 2.26. The van der Waals surface area contributed by atoms with Gasteiger partial charge in [0.15, 0.2) is 0 Å². The zero-order valence-electron chi connectivity index (χ0n) is 12.8. The van der Waals surface area contributed by atoms with Crippen LogP contribution in [0.25, 0.3) is 11.1 Å². The summed E-state index contributed by atoms with van der Waals surface area (Å²) in [6.45, 7) is 8.62. The molecule has 1 aromatic carbocycles. The molecule has 1 heterocycles. The van der Waals surface area contributed by atoms with Crippen molar-refractivity contribution in [3.05, 3.63) is 42.2 Å². The van der Waals surface area contributed by atoms with E-state index >= 15 is 0 Å². The van der Waals surface area contributed by atoms with Crippen LogP contribution in [-0.4, -0.2) is 16.3 Å². The van der Waals surface area contributed by atoms with Crippen molar-refractivity contribution in [3.63, 3.8) is 0 Å². The van der Waals surface area contributed by atoms with E-state index in [1.807, 2.05) is 10.9 Å². The van der Waals surface area contributed by atoms with E-state index in [0.717, 1.165) is 25.9 Å². The molecule has 0 aliphatic heterocycles. The van der Waals surface area contributed by atoms with E-state index in [2.05, 4.69) is 61.6 Å². The van der Waals surface area contributed by atoms with Crippen molar-refractivity contribution in [2.75, 3.05) is 6.54 Å². The van der Waals surface area contributed by atoms with Gasteiger partial charge in [-0.1, -0.05) is 38.1 Å². The van der Waals surface area contributed by atoms with Gasteiger partial charge in [0.05, 0.1) is 6.20 Å². The fraction of sp³-hybridized carbons (Fsp3) is 0.471. The second-order valence-corrected chi connectivity index (χ2v) is 5.26. The quantitative estimate of drug-likeness (QED) is 0.824. The average molecular weight is 271 g/mol. The van der Waals surface area contributed by atoms with Gasteiger partial charge >= 0.3 is 0 Å². The fourth-order valence-corrected chi connectivity index (χ4v) is 2.46. The molecule has 3 heteroatoms. The Bertz CT molecular complexity index is 531. The van der Waals surface area contributed by atoms with E-state index < -0.39 is 0 Å². The molecule has 1 aromatic heterocycles. The Kier molecular flexibility index (Phi) is 5.36. The molecule has 0 amide bonds. The van der Waals surface area contributed by atoms with Gasteiger partial charge in [-0.3, -0.25) is 4.68 Å². The van der Waals surface area contributed by atoms with Crippen LogP contribution in [0.1, 0.15) is 45.2 Å². The van der Waals surface area contributed by atoms with Gasteiger partial charge in [0, 0.05) is 24.3 Å². The molecule has 1 N–H and O–H groups in total. The Morgan fingerprint density at radius 2 is 2.00 bits per heavy atom. The summed E-state index contributed by atoms with van der Waals surface area (Å²) in [5.41, 5.74) is 3.84. The predicted molar refractivity (Wildman–Crippen MR) is 84.7 cm³/mol. The van der Waals surface area contributed by atoms with Crippen LogP contribution in [0.15, 0.2) is 36.7 Å². The summed E-state index contributed by atoms with van der Waals surface area (Å²) in [5.74, 6) is 0. The normalized spacial score (nSPS) is 12.6. The summed E-state index contributed by atoms with van der Waals surface area (Å²) in [5, 5.41) is 8.00. The van der Waals surface area contributed by atoms with Crippen LogP contribution in [0.5, 0.6) is 0 Å². The second kappa shape index (κ2) is 7.25. The van der Waals surface area contributed by atoms with Crippen molar-refractivity contribution in [2.45, 2.75) is 46.2 Å². The standard InChI is InChI=1S/C17H25N3/c1-4-10-18-14(3)16-8-6-7-9-17(16)15-12-19-20(13-15)11-5-2/h6-9,12-14,18H,4-5,10-11H2,1-3H3. The molecule has 0 radical (unpaired) electrons. The molecular weight excluding hydrogens is 246 g/mol. The molecule has 1 unspecified atom stereocenters. The lowest BCUT2D eigenvalue weighted by molar-refractivity contribution is 0.571. The van der Waals surface area contributed by atoms with Crippen LogP contribution in [0.2, 0.25) is 0 Å². The van der Waals surface area contributed by atoms with Crippen LogP contribution < -0.4 is 5.32 Å². The summed E-state index contributed by atoms with van der Waals surface area (Å²) >= 11 is 0. The van der Waals surface area contributed by atoms with Crippen LogP contribution in [-0.2, 0) is 6.54 Å². The molecular formula is C17H25N3. The molecule has 2 aromatic rings. The Labute approximate surface area is 122 Å². The number of rotatable bonds is 7. The first-order chi connectivity index (χ1) is 9.76. The minimum Gasteiger partial charge on any atom is -0.310 e. The number of benzene rings is 1. The van der Waals surface area contributed by atoms with Crippen LogP contribution in [0.3, 0.4) is 0 Å². The molecule has 20 heavy (non-hydrogen) atoms. The van der Waals surface area contributed by atoms with Crippen molar-refractivity contribution in [2.24, 2.45) is 0 Å². The van der Waals surface area contributed by atoms with Gasteiger partial charge in [0.2, 0.25) is 0 Å². The zero-order valence-corrected chi connectivity index (χ0v) is 12.8. The summed E-state index contributed by atoms with van der Waals surface area (Å²) in [4.78, 5) is 0. The lowest BCUT2D eigenvalue weighted by atomic mass is 9.97. The maximum atomic E-state index is 4.44. The van der Waals surface area contributed by atoms with E-state index in [-0.39, 0.29) is 0 Å². The minimum atomic E-state index is 0.362. The number of nitrogens with one attached hydrogen (secondary N) is 1. The SMILES string of the molecule is CCCNC(C)c1ccccc1-c1cnn(CCC)c1. The lowest BCUT2D eigenvalue weighted by Crippen LogP contribution is -2.19. The number of hydrogen-bond acceptors (Lipinski definition) is 2. The summed E-state index contributed by atoms with van der Waals surface area (Å²) < 4.78 is 2.02. The summed E-state index contributed by atoms with van der Waals surface area (Å²) in [6, 6.07) is 8.97. The van der Waals surface area contributed by atoms with Crippen molar-refractivity contribution < 1.29 is 0 Å². The average Bonchev–Trinajstić information content (AvgIpc) is 2.93. The van der Waals surface area contributed by atoms with Crippen molar-refractivity contribution >= 4 is 0 Å². The molecule has 1 atom stereocenters.